The lowest BCUT2D eigenvalue weighted by Crippen LogP contribution is -2.26. The molecule has 1 aromatic carbocycles. The van der Waals surface area contributed by atoms with Crippen LogP contribution in [0.3, 0.4) is 0 Å². The van der Waals surface area contributed by atoms with Gasteiger partial charge in [0.05, 0.1) is 18.6 Å². The van der Waals surface area contributed by atoms with Gasteiger partial charge in [-0.05, 0) is 43.3 Å². The van der Waals surface area contributed by atoms with E-state index in [0.29, 0.717) is 28.1 Å². The number of hydrogen-bond acceptors (Lipinski definition) is 6. The number of pyridine rings is 1. The number of nitrogens with zero attached hydrogens (tertiary/aromatic N) is 2. The van der Waals surface area contributed by atoms with Gasteiger partial charge >= 0.3 is 0 Å². The third-order valence-electron chi connectivity index (χ3n) is 3.21. The van der Waals surface area contributed by atoms with Crippen molar-refractivity contribution < 1.29 is 19.1 Å². The number of hydrogen-bond donors (Lipinski definition) is 2. The van der Waals surface area contributed by atoms with Crippen molar-refractivity contribution in [3.8, 4) is 11.5 Å². The van der Waals surface area contributed by atoms with Crippen molar-refractivity contribution in [2.75, 3.05) is 19.0 Å². The van der Waals surface area contributed by atoms with Crippen molar-refractivity contribution in [3.05, 3.63) is 47.6 Å². The zero-order valence-corrected chi connectivity index (χ0v) is 15.6. The van der Waals surface area contributed by atoms with Gasteiger partial charge in [0, 0.05) is 11.9 Å². The molecule has 0 unspecified atom stereocenters. The minimum Gasteiger partial charge on any atom is -0.497 e. The van der Waals surface area contributed by atoms with Crippen LogP contribution in [0.15, 0.2) is 47.7 Å². The van der Waals surface area contributed by atoms with Crippen LogP contribution in [0.5, 0.6) is 11.5 Å². The van der Waals surface area contributed by atoms with Crippen LogP contribution < -0.4 is 20.2 Å². The first-order valence-electron chi connectivity index (χ1n) is 7.96. The fourth-order valence-electron chi connectivity index (χ4n) is 1.92. The molecule has 2 amide bonds. The summed E-state index contributed by atoms with van der Waals surface area (Å²) in [7, 11) is 1.57. The van der Waals surface area contributed by atoms with Gasteiger partial charge < -0.3 is 14.8 Å². The van der Waals surface area contributed by atoms with E-state index >= 15 is 0 Å². The average Bonchev–Trinajstić information content (AvgIpc) is 2.67. The smallest absolute Gasteiger partial charge is 0.277 e. The number of anilines is 1. The second-order valence-electron chi connectivity index (χ2n) is 5.43. The Morgan fingerprint density at radius 3 is 2.44 bits per heavy atom. The van der Waals surface area contributed by atoms with Crippen molar-refractivity contribution in [3.63, 3.8) is 0 Å². The Hall–Kier alpha value is -3.13. The standard InChI is InChI=1S/C18H19ClN4O4/c1-12(9-17(24)21-16-8-3-13(19)10-20-16)22-23-18(25)11-27-15-6-4-14(26-2)5-7-15/h3-8,10H,9,11H2,1-2H3,(H,23,25)(H,20,21,24)/b22-12-. The summed E-state index contributed by atoms with van der Waals surface area (Å²) in [5.41, 5.74) is 2.77. The Balaban J connectivity index is 1.73. The molecule has 0 radical (unpaired) electrons. The Kier molecular flexibility index (Phi) is 7.57. The lowest BCUT2D eigenvalue weighted by molar-refractivity contribution is -0.123. The van der Waals surface area contributed by atoms with Gasteiger partial charge in [-0.3, -0.25) is 9.59 Å². The fourth-order valence-corrected chi connectivity index (χ4v) is 2.03. The number of ether oxygens (including phenoxy) is 2. The summed E-state index contributed by atoms with van der Waals surface area (Å²) in [6, 6.07) is 10.0. The highest BCUT2D eigenvalue weighted by atomic mass is 35.5. The second kappa shape index (κ2) is 10.1. The molecule has 0 spiro atoms. The monoisotopic (exact) mass is 390 g/mol. The first-order valence-corrected chi connectivity index (χ1v) is 8.34. The molecule has 0 aliphatic heterocycles. The maximum absolute atomic E-state index is 11.9. The summed E-state index contributed by atoms with van der Waals surface area (Å²) in [6.07, 6.45) is 1.44. The van der Waals surface area contributed by atoms with Crippen molar-refractivity contribution in [1.82, 2.24) is 10.4 Å². The van der Waals surface area contributed by atoms with Crippen LogP contribution in [0.25, 0.3) is 0 Å². The third kappa shape index (κ3) is 7.33. The highest BCUT2D eigenvalue weighted by Gasteiger charge is 2.07. The highest BCUT2D eigenvalue weighted by Crippen LogP contribution is 2.16. The van der Waals surface area contributed by atoms with Crippen molar-refractivity contribution >= 4 is 34.9 Å². The molecule has 0 saturated carbocycles. The zero-order chi connectivity index (χ0) is 19.6. The number of carbonyl (C=O) groups excluding carboxylic acids is 2. The second-order valence-corrected chi connectivity index (χ2v) is 5.87. The highest BCUT2D eigenvalue weighted by molar-refractivity contribution is 6.30. The summed E-state index contributed by atoms with van der Waals surface area (Å²) in [5, 5.41) is 6.96. The third-order valence-corrected chi connectivity index (χ3v) is 3.44. The quantitative estimate of drug-likeness (QED) is 0.533. The van der Waals surface area contributed by atoms with Gasteiger partial charge in [0.25, 0.3) is 5.91 Å². The van der Waals surface area contributed by atoms with E-state index in [1.807, 2.05) is 0 Å². The number of rotatable bonds is 8. The lowest BCUT2D eigenvalue weighted by Gasteiger charge is -2.07. The first kappa shape index (κ1) is 20.2. The van der Waals surface area contributed by atoms with Gasteiger partial charge in [-0.15, -0.1) is 0 Å². The average molecular weight is 391 g/mol. The number of aromatic nitrogens is 1. The minimum atomic E-state index is -0.440. The predicted octanol–water partition coefficient (Wildman–Crippen LogP) is 2.64. The lowest BCUT2D eigenvalue weighted by atomic mass is 10.3. The van der Waals surface area contributed by atoms with Crippen LogP contribution in [-0.4, -0.2) is 36.2 Å². The van der Waals surface area contributed by atoms with E-state index in [2.05, 4.69) is 20.8 Å². The Labute approximate surface area is 161 Å². The van der Waals surface area contributed by atoms with Crippen LogP contribution in [0, 0.1) is 0 Å². The molecule has 0 aliphatic rings. The Bertz CT molecular complexity index is 807. The van der Waals surface area contributed by atoms with Gasteiger partial charge in [-0.2, -0.15) is 5.10 Å². The Morgan fingerprint density at radius 2 is 1.81 bits per heavy atom. The van der Waals surface area contributed by atoms with Crippen molar-refractivity contribution in [1.29, 1.82) is 0 Å². The molecule has 0 aliphatic carbocycles. The number of benzene rings is 1. The minimum absolute atomic E-state index is 0.00389. The summed E-state index contributed by atoms with van der Waals surface area (Å²) in [4.78, 5) is 27.6. The molecular formula is C18H19ClN4O4. The topological polar surface area (TPSA) is 102 Å². The molecule has 2 aromatic rings. The molecule has 9 heteroatoms. The molecule has 142 valence electrons. The predicted molar refractivity (Wildman–Crippen MR) is 102 cm³/mol. The summed E-state index contributed by atoms with van der Waals surface area (Å²) >= 11 is 5.73. The number of halogens is 1. The normalized spacial score (nSPS) is 10.9. The van der Waals surface area contributed by atoms with E-state index in [4.69, 9.17) is 21.1 Å². The van der Waals surface area contributed by atoms with Gasteiger partial charge in [0.2, 0.25) is 5.91 Å². The van der Waals surface area contributed by atoms with Gasteiger partial charge in [-0.25, -0.2) is 10.4 Å². The molecular weight excluding hydrogens is 372 g/mol. The fraction of sp³-hybridized carbons (Fsp3) is 0.222. The number of amides is 2. The van der Waals surface area contributed by atoms with E-state index in [-0.39, 0.29) is 18.9 Å². The molecule has 27 heavy (non-hydrogen) atoms. The maximum atomic E-state index is 11.9. The van der Waals surface area contributed by atoms with Crippen LogP contribution >= 0.6 is 11.6 Å². The molecule has 0 saturated heterocycles. The molecule has 0 atom stereocenters. The molecule has 2 rings (SSSR count). The maximum Gasteiger partial charge on any atom is 0.277 e. The van der Waals surface area contributed by atoms with Crippen molar-refractivity contribution in [2.45, 2.75) is 13.3 Å². The largest absolute Gasteiger partial charge is 0.497 e. The summed E-state index contributed by atoms with van der Waals surface area (Å²) in [6.45, 7) is 1.42. The van der Waals surface area contributed by atoms with E-state index in [9.17, 15) is 9.59 Å². The van der Waals surface area contributed by atoms with Crippen LogP contribution in [-0.2, 0) is 9.59 Å². The molecule has 8 nitrogen and oxygen atoms in total. The van der Waals surface area contributed by atoms with Crippen LogP contribution in [0.1, 0.15) is 13.3 Å². The van der Waals surface area contributed by atoms with E-state index in [1.54, 1.807) is 50.4 Å². The number of methoxy groups -OCH3 is 1. The molecule has 1 heterocycles. The summed E-state index contributed by atoms with van der Waals surface area (Å²) in [5.74, 6) is 0.856. The number of hydrazone groups is 1. The molecule has 0 bridgehead atoms. The van der Waals surface area contributed by atoms with Gasteiger partial charge in [0.15, 0.2) is 6.61 Å². The van der Waals surface area contributed by atoms with Crippen molar-refractivity contribution in [2.24, 2.45) is 5.10 Å². The molecule has 2 N–H and O–H groups in total. The number of carbonyl (C=O) groups is 2. The van der Waals surface area contributed by atoms with E-state index in [1.165, 1.54) is 6.20 Å². The van der Waals surface area contributed by atoms with E-state index in [0.717, 1.165) is 0 Å². The van der Waals surface area contributed by atoms with Crippen LogP contribution in [0.2, 0.25) is 5.02 Å². The number of nitrogens with one attached hydrogen (secondary N) is 2. The van der Waals surface area contributed by atoms with Crippen LogP contribution in [0.4, 0.5) is 5.82 Å². The summed E-state index contributed by atoms with van der Waals surface area (Å²) < 4.78 is 10.4. The van der Waals surface area contributed by atoms with Gasteiger partial charge in [-0.1, -0.05) is 11.6 Å². The van der Waals surface area contributed by atoms with E-state index < -0.39 is 5.91 Å². The first-order chi connectivity index (χ1) is 13.0. The van der Waals surface area contributed by atoms with Gasteiger partial charge in [0.1, 0.15) is 17.3 Å². The molecule has 0 fully saturated rings. The zero-order valence-electron chi connectivity index (χ0n) is 14.9. The molecule has 1 aromatic heterocycles. The Morgan fingerprint density at radius 1 is 1.11 bits per heavy atom. The SMILES string of the molecule is COc1ccc(OCC(=O)N/N=C(/C)CC(=O)Nc2ccc(Cl)cn2)cc1.